The van der Waals surface area contributed by atoms with Crippen LogP contribution in [0.4, 0.5) is 4.79 Å². The first kappa shape index (κ1) is 27.7. The maximum absolute atomic E-state index is 12.5. The first-order valence-electron chi connectivity index (χ1n) is 10.2. The van der Waals surface area contributed by atoms with E-state index in [-0.39, 0.29) is 18.4 Å². The summed E-state index contributed by atoms with van der Waals surface area (Å²) < 4.78 is 10.5. The molecule has 0 aliphatic heterocycles. The first-order valence-corrected chi connectivity index (χ1v) is 10.2. The third-order valence-electron chi connectivity index (χ3n) is 3.69. The molecule has 0 spiro atoms. The Morgan fingerprint density at radius 1 is 0.733 bits per heavy atom. The summed E-state index contributed by atoms with van der Waals surface area (Å²) in [5.74, 6) is -2.02. The minimum atomic E-state index is -0.876. The predicted octanol–water partition coefficient (Wildman–Crippen LogP) is 2.13. The van der Waals surface area contributed by atoms with Gasteiger partial charge in [-0.1, -0.05) is 27.7 Å². The monoisotopic (exact) mass is 429 g/mol. The Bertz CT molecular complexity index is 617. The molecule has 0 saturated carbocycles. The largest absolute Gasteiger partial charge is 0.458 e. The van der Waals surface area contributed by atoms with Crippen molar-refractivity contribution in [2.24, 2.45) is 11.8 Å². The fourth-order valence-electron chi connectivity index (χ4n) is 2.33. The van der Waals surface area contributed by atoms with Gasteiger partial charge in [0.15, 0.2) is 0 Å². The maximum Gasteiger partial charge on any atom is 0.408 e. The van der Waals surface area contributed by atoms with Gasteiger partial charge in [0.25, 0.3) is 0 Å². The fourth-order valence-corrected chi connectivity index (χ4v) is 2.33. The van der Waals surface area contributed by atoms with Crippen molar-refractivity contribution in [2.45, 2.75) is 92.5 Å². The van der Waals surface area contributed by atoms with E-state index in [1.54, 1.807) is 69.2 Å². The number of alkyl carbamates (subject to hydrolysis) is 1. The van der Waals surface area contributed by atoms with E-state index in [9.17, 15) is 19.2 Å². The van der Waals surface area contributed by atoms with E-state index in [2.05, 4.69) is 16.0 Å². The van der Waals surface area contributed by atoms with Crippen LogP contribution in [0.5, 0.6) is 0 Å². The van der Waals surface area contributed by atoms with Crippen molar-refractivity contribution in [3.63, 3.8) is 0 Å². The number of carbonyl (C=O) groups is 4. The predicted molar refractivity (Wildman–Crippen MR) is 114 cm³/mol. The number of nitrogens with one attached hydrogen (secondary N) is 3. The number of hydrogen-bond acceptors (Lipinski definition) is 6. The summed E-state index contributed by atoms with van der Waals surface area (Å²) in [6.07, 6.45) is -0.717. The summed E-state index contributed by atoms with van der Waals surface area (Å²) in [5, 5.41) is 7.60. The third kappa shape index (κ3) is 11.6. The highest BCUT2D eigenvalue weighted by Gasteiger charge is 2.30. The van der Waals surface area contributed by atoms with Crippen molar-refractivity contribution in [2.75, 3.05) is 6.54 Å². The summed E-state index contributed by atoms with van der Waals surface area (Å²) in [5.41, 5.74) is -1.38. The molecule has 2 atom stereocenters. The third-order valence-corrected chi connectivity index (χ3v) is 3.69. The van der Waals surface area contributed by atoms with E-state index >= 15 is 0 Å². The van der Waals surface area contributed by atoms with Gasteiger partial charge in [-0.25, -0.2) is 9.59 Å². The van der Waals surface area contributed by atoms with Gasteiger partial charge in [-0.3, -0.25) is 9.59 Å². The molecule has 0 heterocycles. The number of hydrogen-bond donors (Lipinski definition) is 3. The van der Waals surface area contributed by atoms with Crippen LogP contribution < -0.4 is 16.0 Å². The Balaban J connectivity index is 4.89. The van der Waals surface area contributed by atoms with E-state index in [0.29, 0.717) is 0 Å². The number of esters is 1. The molecule has 0 unspecified atom stereocenters. The lowest BCUT2D eigenvalue weighted by atomic mass is 10.0. The van der Waals surface area contributed by atoms with Crippen LogP contribution in [0.1, 0.15) is 69.2 Å². The molecular weight excluding hydrogens is 390 g/mol. The van der Waals surface area contributed by atoms with E-state index in [4.69, 9.17) is 9.47 Å². The zero-order valence-corrected chi connectivity index (χ0v) is 20.0. The Labute approximate surface area is 180 Å². The van der Waals surface area contributed by atoms with E-state index in [0.717, 1.165) is 0 Å². The van der Waals surface area contributed by atoms with E-state index in [1.165, 1.54) is 0 Å². The average Bonchev–Trinajstić information content (AvgIpc) is 2.51. The van der Waals surface area contributed by atoms with Crippen LogP contribution in [0, 0.1) is 11.8 Å². The first-order chi connectivity index (χ1) is 13.4. The standard InChI is InChI=1S/C21H39N3O6/c1-12(2)15(24-19(28)30-21(8,9)10)17(26)22-11-14(25)23-16(13(3)4)18(27)29-20(5,6)7/h12-13,15-16H,11H2,1-10H3,(H,22,26)(H,23,25)(H,24,28)/t15-,16-/m0/s1. The summed E-state index contributed by atoms with van der Waals surface area (Å²) in [7, 11) is 0. The second-order valence-electron chi connectivity index (χ2n) is 9.91. The van der Waals surface area contributed by atoms with Gasteiger partial charge in [0.1, 0.15) is 23.3 Å². The quantitative estimate of drug-likeness (QED) is 0.508. The van der Waals surface area contributed by atoms with E-state index in [1.807, 2.05) is 0 Å². The molecule has 9 nitrogen and oxygen atoms in total. The number of rotatable bonds is 8. The fraction of sp³-hybridized carbons (Fsp3) is 0.810. The van der Waals surface area contributed by atoms with Crippen molar-refractivity contribution in [1.29, 1.82) is 0 Å². The number of ether oxygens (including phenoxy) is 2. The van der Waals surface area contributed by atoms with Crippen LogP contribution in [0.25, 0.3) is 0 Å². The molecule has 0 aliphatic carbocycles. The number of amides is 3. The van der Waals surface area contributed by atoms with E-state index < -0.39 is 47.2 Å². The van der Waals surface area contributed by atoms with Gasteiger partial charge in [0, 0.05) is 0 Å². The molecule has 0 aromatic carbocycles. The van der Waals surface area contributed by atoms with Gasteiger partial charge in [0.2, 0.25) is 11.8 Å². The van der Waals surface area contributed by atoms with Crippen molar-refractivity contribution in [3.05, 3.63) is 0 Å². The molecular formula is C21H39N3O6. The molecule has 0 bridgehead atoms. The Morgan fingerprint density at radius 2 is 1.20 bits per heavy atom. The number of carbonyl (C=O) groups excluding carboxylic acids is 4. The highest BCUT2D eigenvalue weighted by Crippen LogP contribution is 2.12. The average molecular weight is 430 g/mol. The van der Waals surface area contributed by atoms with Gasteiger partial charge in [-0.2, -0.15) is 0 Å². The molecule has 174 valence electrons. The summed E-state index contributed by atoms with van der Waals surface area (Å²) in [4.78, 5) is 49.1. The lowest BCUT2D eigenvalue weighted by Crippen LogP contribution is -2.54. The van der Waals surface area contributed by atoms with Crippen molar-refractivity contribution in [1.82, 2.24) is 16.0 Å². The Kier molecular flexibility index (Phi) is 10.3. The lowest BCUT2D eigenvalue weighted by Gasteiger charge is -2.27. The van der Waals surface area contributed by atoms with Gasteiger partial charge in [-0.05, 0) is 53.4 Å². The molecule has 30 heavy (non-hydrogen) atoms. The zero-order chi connectivity index (χ0) is 23.9. The summed E-state index contributed by atoms with van der Waals surface area (Å²) in [6.45, 7) is 17.1. The van der Waals surface area contributed by atoms with Crippen LogP contribution >= 0.6 is 0 Å². The minimum Gasteiger partial charge on any atom is -0.458 e. The van der Waals surface area contributed by atoms with Crippen LogP contribution in [0.15, 0.2) is 0 Å². The van der Waals surface area contributed by atoms with Crippen LogP contribution in [0.3, 0.4) is 0 Å². The van der Waals surface area contributed by atoms with Crippen molar-refractivity contribution < 1.29 is 28.7 Å². The van der Waals surface area contributed by atoms with Gasteiger partial charge in [-0.15, -0.1) is 0 Å². The highest BCUT2D eigenvalue weighted by atomic mass is 16.6. The zero-order valence-electron chi connectivity index (χ0n) is 20.0. The normalized spacial score (nSPS) is 14.0. The molecule has 3 amide bonds. The molecule has 0 aliphatic rings. The minimum absolute atomic E-state index is 0.197. The molecule has 0 radical (unpaired) electrons. The molecule has 0 aromatic rings. The van der Waals surface area contributed by atoms with Gasteiger partial charge >= 0.3 is 12.1 Å². The molecule has 0 fully saturated rings. The Morgan fingerprint density at radius 3 is 1.60 bits per heavy atom. The maximum atomic E-state index is 12.5. The van der Waals surface area contributed by atoms with Crippen molar-refractivity contribution >= 4 is 23.9 Å². The molecule has 3 N–H and O–H groups in total. The molecule has 0 rings (SSSR count). The topological polar surface area (TPSA) is 123 Å². The van der Waals surface area contributed by atoms with Crippen molar-refractivity contribution in [3.8, 4) is 0 Å². The van der Waals surface area contributed by atoms with Crippen LogP contribution in [-0.4, -0.2) is 53.7 Å². The molecule has 0 aromatic heterocycles. The van der Waals surface area contributed by atoms with Crippen LogP contribution in [-0.2, 0) is 23.9 Å². The summed E-state index contributed by atoms with van der Waals surface area (Å²) in [6, 6.07) is -1.71. The van der Waals surface area contributed by atoms with Crippen LogP contribution in [0.2, 0.25) is 0 Å². The highest BCUT2D eigenvalue weighted by molar-refractivity contribution is 5.91. The lowest BCUT2D eigenvalue weighted by molar-refractivity contribution is -0.159. The second kappa shape index (κ2) is 11.2. The smallest absolute Gasteiger partial charge is 0.408 e. The molecule has 0 saturated heterocycles. The Hall–Kier alpha value is -2.32. The summed E-state index contributed by atoms with van der Waals surface area (Å²) >= 11 is 0. The van der Waals surface area contributed by atoms with Gasteiger partial charge in [0.05, 0.1) is 6.54 Å². The SMILES string of the molecule is CC(C)[C@H](NC(=O)OC(C)(C)C)C(=O)NCC(=O)N[C@H](C(=O)OC(C)(C)C)C(C)C. The molecule has 9 heteroatoms. The second-order valence-corrected chi connectivity index (χ2v) is 9.91. The van der Waals surface area contributed by atoms with Gasteiger partial charge < -0.3 is 25.4 Å².